The number of hydrogen-bond acceptors (Lipinski definition) is 4. The summed E-state index contributed by atoms with van der Waals surface area (Å²) in [5.74, 6) is -1.09. The van der Waals surface area contributed by atoms with Gasteiger partial charge in [-0.15, -0.1) is 6.58 Å². The van der Waals surface area contributed by atoms with Gasteiger partial charge in [-0.1, -0.05) is 6.08 Å². The fourth-order valence-electron chi connectivity index (χ4n) is 1.34. The Morgan fingerprint density at radius 3 is 2.42 bits per heavy atom. The minimum atomic E-state index is -1.16. The molecule has 3 amide bonds. The summed E-state index contributed by atoms with van der Waals surface area (Å²) in [6.07, 6.45) is 3.73. The monoisotopic (exact) mass is 289 g/mol. The van der Waals surface area contributed by atoms with E-state index in [0.29, 0.717) is 12.2 Å². The molecule has 0 saturated carbocycles. The van der Waals surface area contributed by atoms with E-state index in [-0.39, 0.29) is 6.42 Å². The van der Waals surface area contributed by atoms with Gasteiger partial charge in [0.1, 0.15) is 12.1 Å². The lowest BCUT2D eigenvalue weighted by atomic mass is 10.1. The molecule has 0 fully saturated rings. The van der Waals surface area contributed by atoms with Crippen LogP contribution in [0.2, 0.25) is 0 Å². The minimum absolute atomic E-state index is 0.104. The van der Waals surface area contributed by atoms with Gasteiger partial charge in [-0.05, 0) is 24.9 Å². The number of hydrogen-bond donors (Lipinski definition) is 4. The van der Waals surface area contributed by atoms with Gasteiger partial charge in [0.2, 0.25) is 5.91 Å². The number of urea groups is 1. The zero-order valence-electron chi connectivity index (χ0n) is 10.7. The number of aliphatic carboxylic acids is 1. The first-order valence-electron chi connectivity index (χ1n) is 5.61. The topological polar surface area (TPSA) is 122 Å². The van der Waals surface area contributed by atoms with E-state index in [4.69, 9.17) is 10.8 Å². The largest absolute Gasteiger partial charge is 0.480 e. The van der Waals surface area contributed by atoms with Gasteiger partial charge in [-0.3, -0.25) is 4.79 Å². The highest BCUT2D eigenvalue weighted by Gasteiger charge is 2.24. The molecule has 0 aromatic heterocycles. The van der Waals surface area contributed by atoms with Crippen molar-refractivity contribution in [1.82, 2.24) is 10.6 Å². The molecule has 0 bridgehead atoms. The number of carboxylic acid groups (broad SMARTS) is 1. The number of nitrogens with two attached hydrogens (primary N) is 1. The van der Waals surface area contributed by atoms with Crippen LogP contribution in [0.15, 0.2) is 12.7 Å². The van der Waals surface area contributed by atoms with Crippen LogP contribution < -0.4 is 16.4 Å². The van der Waals surface area contributed by atoms with E-state index in [1.165, 1.54) is 17.8 Å². The molecular weight excluding hydrogens is 270 g/mol. The molecule has 7 nitrogen and oxygen atoms in total. The Bertz CT molecular complexity index is 349. The predicted octanol–water partition coefficient (Wildman–Crippen LogP) is -0.0781. The van der Waals surface area contributed by atoms with Gasteiger partial charge in [0.25, 0.3) is 0 Å². The second kappa shape index (κ2) is 9.26. The molecule has 0 radical (unpaired) electrons. The number of thioether (sulfide) groups is 1. The standard InChI is InChI=1S/C11H19N3O4S/c1-3-4-8(10(16)17)13-9(15)7(5-6-19-2)14-11(12)18/h3,7-8H,1,4-6H2,2H3,(H,13,15)(H,16,17)(H3,12,14,18). The second-order valence-corrected chi connectivity index (χ2v) is 4.75. The molecule has 19 heavy (non-hydrogen) atoms. The molecule has 0 rings (SSSR count). The lowest BCUT2D eigenvalue weighted by Crippen LogP contribution is -2.52. The van der Waals surface area contributed by atoms with Crippen LogP contribution >= 0.6 is 11.8 Å². The number of carboxylic acids is 1. The molecule has 2 unspecified atom stereocenters. The van der Waals surface area contributed by atoms with Crippen LogP contribution in [0.5, 0.6) is 0 Å². The van der Waals surface area contributed by atoms with Gasteiger partial charge in [0.05, 0.1) is 0 Å². The van der Waals surface area contributed by atoms with Gasteiger partial charge < -0.3 is 21.5 Å². The summed E-state index contributed by atoms with van der Waals surface area (Å²) in [6.45, 7) is 3.43. The van der Waals surface area contributed by atoms with Crippen molar-refractivity contribution in [2.45, 2.75) is 24.9 Å². The van der Waals surface area contributed by atoms with Crippen molar-refractivity contribution in [2.75, 3.05) is 12.0 Å². The number of nitrogens with one attached hydrogen (secondary N) is 2. The number of carbonyl (C=O) groups is 3. The zero-order chi connectivity index (χ0) is 14.8. The maximum Gasteiger partial charge on any atom is 0.326 e. The molecule has 0 aliphatic carbocycles. The second-order valence-electron chi connectivity index (χ2n) is 3.77. The molecule has 0 aromatic rings. The maximum atomic E-state index is 11.9. The fourth-order valence-corrected chi connectivity index (χ4v) is 1.81. The lowest BCUT2D eigenvalue weighted by Gasteiger charge is -2.19. The Morgan fingerprint density at radius 2 is 2.00 bits per heavy atom. The molecule has 108 valence electrons. The summed E-state index contributed by atoms with van der Waals surface area (Å²) in [5.41, 5.74) is 4.98. The molecule has 0 aliphatic heterocycles. The third-order valence-electron chi connectivity index (χ3n) is 2.26. The quantitative estimate of drug-likeness (QED) is 0.442. The van der Waals surface area contributed by atoms with Gasteiger partial charge in [0, 0.05) is 0 Å². The molecule has 0 spiro atoms. The highest BCUT2D eigenvalue weighted by atomic mass is 32.2. The Kier molecular flexibility index (Phi) is 8.43. The molecule has 5 N–H and O–H groups in total. The summed E-state index contributed by atoms with van der Waals surface area (Å²) >= 11 is 1.51. The smallest absolute Gasteiger partial charge is 0.326 e. The van der Waals surface area contributed by atoms with Gasteiger partial charge in [-0.2, -0.15) is 11.8 Å². The first-order chi connectivity index (χ1) is 8.92. The van der Waals surface area contributed by atoms with Crippen LogP contribution in [0.25, 0.3) is 0 Å². The van der Waals surface area contributed by atoms with Crippen molar-refractivity contribution in [3.8, 4) is 0 Å². The molecule has 8 heteroatoms. The van der Waals surface area contributed by atoms with Gasteiger partial charge in [0.15, 0.2) is 0 Å². The van der Waals surface area contributed by atoms with Gasteiger partial charge >= 0.3 is 12.0 Å². The fraction of sp³-hybridized carbons (Fsp3) is 0.545. The van der Waals surface area contributed by atoms with Gasteiger partial charge in [-0.25, -0.2) is 9.59 Å². The first-order valence-corrected chi connectivity index (χ1v) is 7.00. The summed E-state index contributed by atoms with van der Waals surface area (Å²) < 4.78 is 0. The average Bonchev–Trinajstić information content (AvgIpc) is 2.33. The molecule has 0 aliphatic rings. The van der Waals surface area contributed by atoms with E-state index in [0.717, 1.165) is 0 Å². The van der Waals surface area contributed by atoms with Crippen molar-refractivity contribution in [3.63, 3.8) is 0 Å². The third kappa shape index (κ3) is 7.35. The lowest BCUT2D eigenvalue weighted by molar-refractivity contribution is -0.142. The van der Waals surface area contributed by atoms with Crippen LogP contribution in [-0.2, 0) is 9.59 Å². The number of carbonyl (C=O) groups excluding carboxylic acids is 2. The number of amides is 3. The van der Waals surface area contributed by atoms with Crippen molar-refractivity contribution < 1.29 is 19.5 Å². The highest BCUT2D eigenvalue weighted by molar-refractivity contribution is 7.98. The summed E-state index contributed by atoms with van der Waals surface area (Å²) in [7, 11) is 0. The van der Waals surface area contributed by atoms with Crippen molar-refractivity contribution in [1.29, 1.82) is 0 Å². The van der Waals surface area contributed by atoms with Crippen molar-refractivity contribution >= 4 is 29.7 Å². The Hall–Kier alpha value is -1.70. The third-order valence-corrected chi connectivity index (χ3v) is 2.90. The predicted molar refractivity (Wildman–Crippen MR) is 73.9 cm³/mol. The molecule has 0 aromatic carbocycles. The van der Waals surface area contributed by atoms with Crippen LogP contribution in [0, 0.1) is 0 Å². The summed E-state index contributed by atoms with van der Waals surface area (Å²) in [6, 6.07) is -2.72. The number of rotatable bonds is 9. The van der Waals surface area contributed by atoms with E-state index in [2.05, 4.69) is 17.2 Å². The van der Waals surface area contributed by atoms with Crippen molar-refractivity contribution in [3.05, 3.63) is 12.7 Å². The zero-order valence-corrected chi connectivity index (χ0v) is 11.5. The molecule has 0 saturated heterocycles. The van der Waals surface area contributed by atoms with E-state index >= 15 is 0 Å². The Labute approximate surface area is 116 Å². The highest BCUT2D eigenvalue weighted by Crippen LogP contribution is 2.02. The van der Waals surface area contributed by atoms with E-state index in [1.54, 1.807) is 0 Å². The summed E-state index contributed by atoms with van der Waals surface area (Å²) in [4.78, 5) is 33.6. The molecular formula is C11H19N3O4S. The van der Waals surface area contributed by atoms with E-state index < -0.39 is 30.0 Å². The van der Waals surface area contributed by atoms with Crippen LogP contribution in [-0.4, -0.2) is 47.1 Å². The van der Waals surface area contributed by atoms with E-state index in [1.807, 2.05) is 6.26 Å². The summed E-state index contributed by atoms with van der Waals surface area (Å²) in [5, 5.41) is 13.6. The van der Waals surface area contributed by atoms with E-state index in [9.17, 15) is 14.4 Å². The Morgan fingerprint density at radius 1 is 1.37 bits per heavy atom. The van der Waals surface area contributed by atoms with Crippen LogP contribution in [0.3, 0.4) is 0 Å². The number of primary amides is 1. The Balaban J connectivity index is 4.62. The van der Waals surface area contributed by atoms with Crippen LogP contribution in [0.1, 0.15) is 12.8 Å². The van der Waals surface area contributed by atoms with Crippen molar-refractivity contribution in [2.24, 2.45) is 5.73 Å². The molecule has 0 heterocycles. The SMILES string of the molecule is C=CCC(NC(=O)C(CCSC)NC(N)=O)C(=O)O. The average molecular weight is 289 g/mol. The van der Waals surface area contributed by atoms with Crippen LogP contribution in [0.4, 0.5) is 4.79 Å². The minimum Gasteiger partial charge on any atom is -0.480 e. The molecule has 2 atom stereocenters. The maximum absolute atomic E-state index is 11.9. The first kappa shape index (κ1) is 17.3. The normalized spacial score (nSPS) is 13.1.